The topological polar surface area (TPSA) is 48.9 Å². The Balaban J connectivity index is 1.73. The van der Waals surface area contributed by atoms with Crippen molar-refractivity contribution in [2.75, 3.05) is 46.9 Å². The van der Waals surface area contributed by atoms with Gasteiger partial charge in [-0.1, -0.05) is 13.3 Å². The van der Waals surface area contributed by atoms with E-state index in [-0.39, 0.29) is 0 Å². The minimum absolute atomic E-state index is 0.427. The first kappa shape index (κ1) is 17.5. The predicted molar refractivity (Wildman–Crippen MR) is 92.4 cm³/mol. The second-order valence-electron chi connectivity index (χ2n) is 6.83. The van der Waals surface area contributed by atoms with Crippen LogP contribution in [0, 0.1) is 5.41 Å². The van der Waals surface area contributed by atoms with E-state index in [0.717, 1.165) is 38.6 Å². The van der Waals surface area contributed by atoms with Crippen LogP contribution in [0.2, 0.25) is 0 Å². The maximum Gasteiger partial charge on any atom is 0.191 e. The van der Waals surface area contributed by atoms with Crippen LogP contribution >= 0.6 is 0 Å². The Morgan fingerprint density at radius 1 is 1.32 bits per heavy atom. The highest BCUT2D eigenvalue weighted by molar-refractivity contribution is 5.79. The molecule has 5 nitrogen and oxygen atoms in total. The zero-order valence-corrected chi connectivity index (χ0v) is 14.7. The molecule has 5 heteroatoms. The average Bonchev–Trinajstić information content (AvgIpc) is 2.96. The molecule has 2 aliphatic rings. The zero-order valence-electron chi connectivity index (χ0n) is 14.7. The van der Waals surface area contributed by atoms with Crippen molar-refractivity contribution in [1.29, 1.82) is 0 Å². The second kappa shape index (κ2) is 8.73. The maximum atomic E-state index is 5.27. The SMILES string of the molecule is CCN1CCCC1CNC(=NC)NCC1(CCOC)CCC1. The summed E-state index contributed by atoms with van der Waals surface area (Å²) in [5.41, 5.74) is 0.427. The van der Waals surface area contributed by atoms with Gasteiger partial charge in [-0.3, -0.25) is 9.89 Å². The van der Waals surface area contributed by atoms with Crippen LogP contribution in [0.1, 0.15) is 45.4 Å². The first-order valence-corrected chi connectivity index (χ1v) is 8.90. The molecular weight excluding hydrogens is 276 g/mol. The smallest absolute Gasteiger partial charge is 0.191 e. The summed E-state index contributed by atoms with van der Waals surface area (Å²) >= 11 is 0. The first-order chi connectivity index (χ1) is 10.7. The molecule has 0 spiro atoms. The molecule has 1 heterocycles. The third-order valence-electron chi connectivity index (χ3n) is 5.52. The van der Waals surface area contributed by atoms with Crippen LogP contribution in [-0.4, -0.2) is 63.8 Å². The van der Waals surface area contributed by atoms with Crippen LogP contribution < -0.4 is 10.6 Å². The van der Waals surface area contributed by atoms with E-state index >= 15 is 0 Å². The second-order valence-corrected chi connectivity index (χ2v) is 6.83. The van der Waals surface area contributed by atoms with E-state index in [1.54, 1.807) is 7.11 Å². The lowest BCUT2D eigenvalue weighted by Crippen LogP contribution is -2.49. The van der Waals surface area contributed by atoms with Gasteiger partial charge in [0.25, 0.3) is 0 Å². The molecule has 2 fully saturated rings. The molecule has 1 aliphatic carbocycles. The lowest BCUT2D eigenvalue weighted by molar-refractivity contribution is 0.0732. The molecular formula is C17H34N4O. The van der Waals surface area contributed by atoms with Gasteiger partial charge in [-0.2, -0.15) is 0 Å². The number of likely N-dealkylation sites (N-methyl/N-ethyl adjacent to an activating group) is 1. The Hall–Kier alpha value is -0.810. The summed E-state index contributed by atoms with van der Waals surface area (Å²) < 4.78 is 5.27. The molecule has 0 aromatic heterocycles. The van der Waals surface area contributed by atoms with Gasteiger partial charge in [-0.05, 0) is 50.6 Å². The number of likely N-dealkylation sites (tertiary alicyclic amines) is 1. The van der Waals surface area contributed by atoms with Crippen LogP contribution in [0.3, 0.4) is 0 Å². The minimum Gasteiger partial charge on any atom is -0.385 e. The number of ether oxygens (including phenoxy) is 1. The van der Waals surface area contributed by atoms with Gasteiger partial charge in [-0.25, -0.2) is 0 Å². The van der Waals surface area contributed by atoms with Gasteiger partial charge in [0.15, 0.2) is 5.96 Å². The summed E-state index contributed by atoms with van der Waals surface area (Å²) in [5, 5.41) is 7.06. The van der Waals surface area contributed by atoms with Gasteiger partial charge in [0.2, 0.25) is 0 Å². The van der Waals surface area contributed by atoms with E-state index in [9.17, 15) is 0 Å². The number of nitrogens with zero attached hydrogens (tertiary/aromatic N) is 2. The molecule has 22 heavy (non-hydrogen) atoms. The van der Waals surface area contributed by atoms with Crippen molar-refractivity contribution in [3.8, 4) is 0 Å². The van der Waals surface area contributed by atoms with Crippen molar-refractivity contribution in [2.45, 2.75) is 51.5 Å². The molecule has 1 unspecified atom stereocenters. The van der Waals surface area contributed by atoms with E-state index in [1.165, 1.54) is 38.6 Å². The summed E-state index contributed by atoms with van der Waals surface area (Å²) in [4.78, 5) is 6.95. The zero-order chi connectivity index (χ0) is 15.8. The number of methoxy groups -OCH3 is 1. The van der Waals surface area contributed by atoms with Gasteiger partial charge >= 0.3 is 0 Å². The highest BCUT2D eigenvalue weighted by Crippen LogP contribution is 2.43. The number of hydrogen-bond acceptors (Lipinski definition) is 3. The largest absolute Gasteiger partial charge is 0.385 e. The molecule has 1 atom stereocenters. The van der Waals surface area contributed by atoms with E-state index in [2.05, 4.69) is 27.4 Å². The predicted octanol–water partition coefficient (Wildman–Crippen LogP) is 1.84. The van der Waals surface area contributed by atoms with Gasteiger partial charge in [0.1, 0.15) is 0 Å². The lowest BCUT2D eigenvalue weighted by Gasteiger charge is -2.42. The fourth-order valence-electron chi connectivity index (χ4n) is 3.76. The highest BCUT2D eigenvalue weighted by Gasteiger charge is 2.36. The molecule has 2 N–H and O–H groups in total. The standard InChI is InChI=1S/C17H34N4O/c1-4-21-11-5-7-15(21)13-19-16(18-2)20-14-17(8-6-9-17)10-12-22-3/h15H,4-14H2,1-3H3,(H2,18,19,20). The van der Waals surface area contributed by atoms with E-state index in [0.29, 0.717) is 11.5 Å². The first-order valence-electron chi connectivity index (χ1n) is 8.90. The monoisotopic (exact) mass is 310 g/mol. The molecule has 0 radical (unpaired) electrons. The number of hydrogen-bond donors (Lipinski definition) is 2. The van der Waals surface area contributed by atoms with Crippen molar-refractivity contribution in [2.24, 2.45) is 10.4 Å². The van der Waals surface area contributed by atoms with Gasteiger partial charge in [-0.15, -0.1) is 0 Å². The number of nitrogens with one attached hydrogen (secondary N) is 2. The summed E-state index contributed by atoms with van der Waals surface area (Å²) in [7, 11) is 3.66. The van der Waals surface area contributed by atoms with Crippen molar-refractivity contribution >= 4 is 5.96 Å². The van der Waals surface area contributed by atoms with Crippen molar-refractivity contribution in [3.05, 3.63) is 0 Å². The molecule has 128 valence electrons. The number of guanidine groups is 1. The van der Waals surface area contributed by atoms with Crippen LogP contribution in [0.5, 0.6) is 0 Å². The van der Waals surface area contributed by atoms with Crippen LogP contribution in [0.4, 0.5) is 0 Å². The number of rotatable bonds is 8. The quantitative estimate of drug-likeness (QED) is 0.530. The van der Waals surface area contributed by atoms with Gasteiger partial charge in [0, 0.05) is 39.9 Å². The molecule has 1 aliphatic heterocycles. The molecule has 2 rings (SSSR count). The van der Waals surface area contributed by atoms with E-state index in [1.807, 2.05) is 7.05 Å². The summed E-state index contributed by atoms with van der Waals surface area (Å²) in [6.07, 6.45) is 7.76. The third kappa shape index (κ3) is 4.59. The Bertz CT molecular complexity index is 355. The van der Waals surface area contributed by atoms with Crippen LogP contribution in [0.15, 0.2) is 4.99 Å². The van der Waals surface area contributed by atoms with E-state index < -0.39 is 0 Å². The Kier molecular flexibility index (Phi) is 6.96. The Morgan fingerprint density at radius 2 is 2.14 bits per heavy atom. The van der Waals surface area contributed by atoms with E-state index in [4.69, 9.17) is 4.74 Å². The van der Waals surface area contributed by atoms with Crippen molar-refractivity contribution < 1.29 is 4.74 Å². The maximum absolute atomic E-state index is 5.27. The summed E-state index contributed by atoms with van der Waals surface area (Å²) in [6, 6.07) is 0.662. The Morgan fingerprint density at radius 3 is 2.73 bits per heavy atom. The fraction of sp³-hybridized carbons (Fsp3) is 0.941. The van der Waals surface area contributed by atoms with Gasteiger partial charge < -0.3 is 15.4 Å². The fourth-order valence-corrected chi connectivity index (χ4v) is 3.76. The van der Waals surface area contributed by atoms with Crippen molar-refractivity contribution in [1.82, 2.24) is 15.5 Å². The van der Waals surface area contributed by atoms with Crippen molar-refractivity contribution in [3.63, 3.8) is 0 Å². The molecule has 0 aromatic rings. The summed E-state index contributed by atoms with van der Waals surface area (Å²) in [5.74, 6) is 0.951. The van der Waals surface area contributed by atoms with Crippen LogP contribution in [-0.2, 0) is 4.74 Å². The van der Waals surface area contributed by atoms with Gasteiger partial charge in [0.05, 0.1) is 0 Å². The normalized spacial score (nSPS) is 25.0. The molecule has 0 amide bonds. The molecule has 0 aromatic carbocycles. The minimum atomic E-state index is 0.427. The number of aliphatic imine (C=N–C) groups is 1. The highest BCUT2D eigenvalue weighted by atomic mass is 16.5. The lowest BCUT2D eigenvalue weighted by atomic mass is 9.67. The molecule has 1 saturated carbocycles. The average molecular weight is 310 g/mol. The van der Waals surface area contributed by atoms with Crippen LogP contribution in [0.25, 0.3) is 0 Å². The third-order valence-corrected chi connectivity index (χ3v) is 5.52. The molecule has 0 bridgehead atoms. The Labute approximate surface area is 135 Å². The summed E-state index contributed by atoms with van der Waals surface area (Å²) in [6.45, 7) is 7.52. The molecule has 1 saturated heterocycles.